The predicted molar refractivity (Wildman–Crippen MR) is 150 cm³/mol. The van der Waals surface area contributed by atoms with Crippen LogP contribution < -0.4 is 10.5 Å². The lowest BCUT2D eigenvalue weighted by Gasteiger charge is -2.24. The van der Waals surface area contributed by atoms with Gasteiger partial charge in [-0.2, -0.15) is 0 Å². The van der Waals surface area contributed by atoms with Crippen molar-refractivity contribution in [2.45, 2.75) is 57.7 Å². The van der Waals surface area contributed by atoms with Crippen LogP contribution in [0.2, 0.25) is 5.02 Å². The van der Waals surface area contributed by atoms with Gasteiger partial charge < -0.3 is 29.4 Å². The molecule has 1 aliphatic heterocycles. The van der Waals surface area contributed by atoms with Crippen LogP contribution in [0.3, 0.4) is 0 Å². The van der Waals surface area contributed by atoms with Gasteiger partial charge in [-0.25, -0.2) is 9.59 Å². The Morgan fingerprint density at radius 3 is 2.29 bits per heavy atom. The Labute approximate surface area is 243 Å². The van der Waals surface area contributed by atoms with Crippen LogP contribution in [0.25, 0.3) is 0 Å². The predicted octanol–water partition coefficient (Wildman–Crippen LogP) is 4.18. The molecule has 4 rings (SSSR count). The average molecular weight is 584 g/mol. The fourth-order valence-electron chi connectivity index (χ4n) is 4.69. The van der Waals surface area contributed by atoms with E-state index >= 15 is 0 Å². The molecule has 1 amide bonds. The summed E-state index contributed by atoms with van der Waals surface area (Å²) in [7, 11) is 0. The SMILES string of the molecule is CCOC(=O)C(N)(Cc1cc(C2CCCN2C(=O)Cc2ccc(OCc3ccc(Cl)cc3)cc2)no1)C(=O)OCC. The molecule has 2 N–H and O–H groups in total. The number of aromatic nitrogens is 1. The molecule has 0 saturated carbocycles. The normalized spacial score (nSPS) is 15.0. The highest BCUT2D eigenvalue weighted by molar-refractivity contribution is 6.30. The minimum atomic E-state index is -2.07. The zero-order valence-corrected chi connectivity index (χ0v) is 23.9. The number of hydrogen-bond donors (Lipinski definition) is 1. The molecule has 1 aliphatic rings. The van der Waals surface area contributed by atoms with Gasteiger partial charge in [0.15, 0.2) is 0 Å². The fourth-order valence-corrected chi connectivity index (χ4v) is 4.82. The number of carbonyl (C=O) groups is 3. The van der Waals surface area contributed by atoms with Crippen molar-refractivity contribution < 1.29 is 33.1 Å². The Morgan fingerprint density at radius 2 is 1.66 bits per heavy atom. The molecule has 41 heavy (non-hydrogen) atoms. The Hall–Kier alpha value is -3.89. The lowest BCUT2D eigenvalue weighted by atomic mass is 9.94. The fraction of sp³-hybridized carbons (Fsp3) is 0.400. The molecule has 11 heteroatoms. The van der Waals surface area contributed by atoms with E-state index < -0.39 is 17.5 Å². The van der Waals surface area contributed by atoms with Gasteiger partial charge in [-0.3, -0.25) is 4.79 Å². The van der Waals surface area contributed by atoms with E-state index in [4.69, 9.17) is 36.1 Å². The number of halogens is 1. The molecular weight excluding hydrogens is 550 g/mol. The highest BCUT2D eigenvalue weighted by Crippen LogP contribution is 2.33. The van der Waals surface area contributed by atoms with E-state index in [0.717, 1.165) is 17.5 Å². The first-order chi connectivity index (χ1) is 19.7. The Bertz CT molecular complexity index is 1320. The molecular formula is C30H34ClN3O7. The van der Waals surface area contributed by atoms with Crippen LogP contribution in [0.15, 0.2) is 59.1 Å². The molecule has 1 atom stereocenters. The van der Waals surface area contributed by atoms with Gasteiger partial charge in [0.05, 0.1) is 25.7 Å². The third-order valence-electron chi connectivity index (χ3n) is 6.82. The summed E-state index contributed by atoms with van der Waals surface area (Å²) in [5, 5.41) is 4.82. The second-order valence-electron chi connectivity index (χ2n) is 9.79. The molecule has 1 fully saturated rings. The van der Waals surface area contributed by atoms with E-state index in [2.05, 4.69) is 5.16 Å². The molecule has 1 unspecified atom stereocenters. The van der Waals surface area contributed by atoms with Gasteiger partial charge in [-0.15, -0.1) is 0 Å². The molecule has 2 heterocycles. The van der Waals surface area contributed by atoms with Crippen molar-refractivity contribution in [1.29, 1.82) is 0 Å². The van der Waals surface area contributed by atoms with Crippen LogP contribution in [-0.2, 0) is 43.3 Å². The quantitative estimate of drug-likeness (QED) is 0.246. The van der Waals surface area contributed by atoms with Gasteiger partial charge in [-0.1, -0.05) is 41.0 Å². The lowest BCUT2D eigenvalue weighted by Crippen LogP contribution is -2.58. The second kappa shape index (κ2) is 13.6. The van der Waals surface area contributed by atoms with E-state index in [1.54, 1.807) is 24.8 Å². The summed E-state index contributed by atoms with van der Waals surface area (Å²) >= 11 is 5.93. The minimum Gasteiger partial charge on any atom is -0.489 e. The number of likely N-dealkylation sites (tertiary alicyclic amines) is 1. The van der Waals surface area contributed by atoms with Crippen molar-refractivity contribution in [1.82, 2.24) is 10.1 Å². The van der Waals surface area contributed by atoms with Crippen molar-refractivity contribution in [3.63, 3.8) is 0 Å². The molecule has 3 aromatic rings. The van der Waals surface area contributed by atoms with Crippen LogP contribution in [0, 0.1) is 0 Å². The van der Waals surface area contributed by atoms with Gasteiger partial charge in [0.25, 0.3) is 0 Å². The number of amides is 1. The number of carbonyl (C=O) groups excluding carboxylic acids is 3. The zero-order valence-electron chi connectivity index (χ0n) is 23.1. The van der Waals surface area contributed by atoms with Crippen molar-refractivity contribution in [2.75, 3.05) is 19.8 Å². The number of nitrogens with two attached hydrogens (primary N) is 1. The first-order valence-electron chi connectivity index (χ1n) is 13.6. The Kier molecular flexibility index (Phi) is 10.0. The third kappa shape index (κ3) is 7.45. The van der Waals surface area contributed by atoms with E-state index in [0.29, 0.717) is 36.0 Å². The van der Waals surface area contributed by atoms with E-state index in [1.165, 1.54) is 0 Å². The average Bonchev–Trinajstić information content (AvgIpc) is 3.63. The van der Waals surface area contributed by atoms with Crippen LogP contribution >= 0.6 is 11.6 Å². The van der Waals surface area contributed by atoms with E-state index in [-0.39, 0.29) is 43.8 Å². The second-order valence-corrected chi connectivity index (χ2v) is 10.2. The van der Waals surface area contributed by atoms with Crippen molar-refractivity contribution in [3.8, 4) is 5.75 Å². The third-order valence-corrected chi connectivity index (χ3v) is 7.07. The highest BCUT2D eigenvalue weighted by Gasteiger charge is 2.47. The first-order valence-corrected chi connectivity index (χ1v) is 14.0. The van der Waals surface area contributed by atoms with Crippen molar-refractivity contribution >= 4 is 29.4 Å². The molecule has 0 spiro atoms. The summed E-state index contributed by atoms with van der Waals surface area (Å²) in [6.45, 7) is 4.34. The van der Waals surface area contributed by atoms with E-state index in [1.807, 2.05) is 48.5 Å². The minimum absolute atomic E-state index is 0.0434. The van der Waals surface area contributed by atoms with Crippen LogP contribution in [0.5, 0.6) is 5.75 Å². The van der Waals surface area contributed by atoms with Crippen LogP contribution in [0.1, 0.15) is 55.3 Å². The lowest BCUT2D eigenvalue weighted by molar-refractivity contribution is -0.164. The van der Waals surface area contributed by atoms with Gasteiger partial charge in [0.1, 0.15) is 23.8 Å². The number of hydrogen-bond acceptors (Lipinski definition) is 9. The number of ether oxygens (including phenoxy) is 3. The maximum Gasteiger partial charge on any atom is 0.338 e. The van der Waals surface area contributed by atoms with Crippen molar-refractivity contribution in [3.05, 3.63) is 82.2 Å². The molecule has 218 valence electrons. The smallest absolute Gasteiger partial charge is 0.338 e. The molecule has 0 radical (unpaired) electrons. The summed E-state index contributed by atoms with van der Waals surface area (Å²) in [6, 6.07) is 16.2. The maximum atomic E-state index is 13.3. The summed E-state index contributed by atoms with van der Waals surface area (Å²) in [5.41, 5.74) is 6.49. The first kappa shape index (κ1) is 30.1. The molecule has 10 nitrogen and oxygen atoms in total. The van der Waals surface area contributed by atoms with Gasteiger partial charge >= 0.3 is 11.9 Å². The molecule has 2 aromatic carbocycles. The summed E-state index contributed by atoms with van der Waals surface area (Å²) in [5.74, 6) is -0.937. The molecule has 0 aliphatic carbocycles. The number of benzene rings is 2. The Balaban J connectivity index is 1.38. The number of esters is 2. The topological polar surface area (TPSA) is 134 Å². The number of nitrogens with zero attached hydrogens (tertiary/aromatic N) is 2. The molecule has 1 aromatic heterocycles. The van der Waals surface area contributed by atoms with Gasteiger partial charge in [-0.05, 0) is 62.1 Å². The van der Waals surface area contributed by atoms with Crippen LogP contribution in [0.4, 0.5) is 0 Å². The molecule has 1 saturated heterocycles. The zero-order chi connectivity index (χ0) is 29.4. The van der Waals surface area contributed by atoms with Crippen LogP contribution in [-0.4, -0.2) is 53.2 Å². The monoisotopic (exact) mass is 583 g/mol. The molecule has 0 bridgehead atoms. The summed E-state index contributed by atoms with van der Waals surface area (Å²) < 4.78 is 21.3. The highest BCUT2D eigenvalue weighted by atomic mass is 35.5. The van der Waals surface area contributed by atoms with E-state index in [9.17, 15) is 14.4 Å². The largest absolute Gasteiger partial charge is 0.489 e. The summed E-state index contributed by atoms with van der Waals surface area (Å²) in [4.78, 5) is 40.1. The van der Waals surface area contributed by atoms with Crippen molar-refractivity contribution in [2.24, 2.45) is 5.73 Å². The Morgan fingerprint density at radius 1 is 1.02 bits per heavy atom. The van der Waals surface area contributed by atoms with Gasteiger partial charge in [0, 0.05) is 24.1 Å². The summed E-state index contributed by atoms with van der Waals surface area (Å²) in [6.07, 6.45) is 1.45. The van der Waals surface area contributed by atoms with Gasteiger partial charge in [0.2, 0.25) is 11.4 Å². The standard InChI is InChI=1S/C30H34ClN3O7/c1-3-38-28(36)30(32,29(37)39-4-2)18-24-17-25(33-41-24)26-6-5-15-34(26)27(35)16-20-9-13-23(14-10-20)40-19-21-7-11-22(31)12-8-21/h7-14,17,26H,3-6,15-16,18-19,32H2,1-2H3. The maximum absolute atomic E-state index is 13.3. The number of rotatable bonds is 12.